The van der Waals surface area contributed by atoms with Crippen molar-refractivity contribution in [1.29, 1.82) is 0 Å². The quantitative estimate of drug-likeness (QED) is 0.421. The standard InChI is InChI=1S/C32H45BN2O5/c1-21(2)18-28(33-39-31(3,4)32(5,6)40-33)35-30(37)26(19-22-12-9-8-10-13-22)34-29(36)24-16-17-25-23(20-24)14-11-15-27(25)38-7/h8-15,21,24,26,28H,16-20H2,1-7H3,(H,34,36)(H,35,37)/t24?,26-,28-/m0/s1. The molecular weight excluding hydrogens is 503 g/mol. The molecule has 4 rings (SSSR count). The molecule has 1 aliphatic heterocycles. The first-order chi connectivity index (χ1) is 18.9. The molecule has 0 spiro atoms. The summed E-state index contributed by atoms with van der Waals surface area (Å²) in [4.78, 5) is 27.5. The third-order valence-electron chi connectivity index (χ3n) is 8.60. The summed E-state index contributed by atoms with van der Waals surface area (Å²) in [6.07, 6.45) is 3.19. The van der Waals surface area contributed by atoms with E-state index in [1.54, 1.807) is 7.11 Å². The van der Waals surface area contributed by atoms with Gasteiger partial charge in [0.25, 0.3) is 0 Å². The Morgan fingerprint density at radius 1 is 1.00 bits per heavy atom. The van der Waals surface area contributed by atoms with E-state index in [1.807, 2.05) is 70.2 Å². The number of methoxy groups -OCH3 is 1. The molecule has 40 heavy (non-hydrogen) atoms. The predicted octanol–water partition coefficient (Wildman–Crippen LogP) is 4.69. The molecule has 2 amide bonds. The highest BCUT2D eigenvalue weighted by Crippen LogP contribution is 2.38. The lowest BCUT2D eigenvalue weighted by Crippen LogP contribution is -2.56. The molecule has 1 unspecified atom stereocenters. The van der Waals surface area contributed by atoms with Crippen molar-refractivity contribution in [2.24, 2.45) is 11.8 Å². The molecule has 0 aromatic heterocycles. The first-order valence-electron chi connectivity index (χ1n) is 14.5. The molecule has 2 N–H and O–H groups in total. The first-order valence-corrected chi connectivity index (χ1v) is 14.5. The van der Waals surface area contributed by atoms with Crippen LogP contribution < -0.4 is 15.4 Å². The molecule has 1 fully saturated rings. The fraction of sp³-hybridized carbons (Fsp3) is 0.562. The molecule has 2 aromatic carbocycles. The van der Waals surface area contributed by atoms with Crippen molar-refractivity contribution in [1.82, 2.24) is 10.6 Å². The van der Waals surface area contributed by atoms with Crippen molar-refractivity contribution in [3.63, 3.8) is 0 Å². The van der Waals surface area contributed by atoms with Crippen molar-refractivity contribution in [3.05, 3.63) is 65.2 Å². The monoisotopic (exact) mass is 548 g/mol. The van der Waals surface area contributed by atoms with E-state index in [0.717, 1.165) is 23.3 Å². The Balaban J connectivity index is 1.51. The van der Waals surface area contributed by atoms with E-state index in [1.165, 1.54) is 5.56 Å². The summed E-state index contributed by atoms with van der Waals surface area (Å²) in [6.45, 7) is 12.3. The zero-order chi connectivity index (χ0) is 29.1. The normalized spacial score (nSPS) is 20.9. The van der Waals surface area contributed by atoms with Gasteiger partial charge in [-0.25, -0.2) is 0 Å². The minimum Gasteiger partial charge on any atom is -0.496 e. The van der Waals surface area contributed by atoms with Crippen molar-refractivity contribution in [3.8, 4) is 5.75 Å². The van der Waals surface area contributed by atoms with Gasteiger partial charge in [-0.1, -0.05) is 56.3 Å². The Morgan fingerprint density at radius 3 is 2.30 bits per heavy atom. The second-order valence-corrected chi connectivity index (χ2v) is 12.7. The second kappa shape index (κ2) is 12.4. The summed E-state index contributed by atoms with van der Waals surface area (Å²) >= 11 is 0. The molecule has 0 saturated carbocycles. The molecule has 2 aliphatic rings. The zero-order valence-corrected chi connectivity index (χ0v) is 25.1. The smallest absolute Gasteiger partial charge is 0.481 e. The molecule has 3 atom stereocenters. The van der Waals surface area contributed by atoms with Crippen LogP contribution in [0.25, 0.3) is 0 Å². The summed E-state index contributed by atoms with van der Waals surface area (Å²) in [5, 5.41) is 6.32. The van der Waals surface area contributed by atoms with Crippen LogP contribution in [0, 0.1) is 11.8 Å². The number of rotatable bonds is 10. The second-order valence-electron chi connectivity index (χ2n) is 12.7. The molecule has 1 heterocycles. The number of carbonyl (C=O) groups excluding carboxylic acids is 2. The van der Waals surface area contributed by atoms with Crippen molar-refractivity contribution < 1.29 is 23.6 Å². The molecule has 1 saturated heterocycles. The van der Waals surface area contributed by atoms with Crippen molar-refractivity contribution >= 4 is 18.9 Å². The fourth-order valence-electron chi connectivity index (χ4n) is 5.62. The van der Waals surface area contributed by atoms with Gasteiger partial charge in [0.05, 0.1) is 24.3 Å². The van der Waals surface area contributed by atoms with Crippen LogP contribution in [0.1, 0.15) is 71.1 Å². The Bertz CT molecular complexity index is 1170. The molecule has 1 aliphatic carbocycles. The maximum absolute atomic E-state index is 13.9. The average Bonchev–Trinajstić information content (AvgIpc) is 3.13. The van der Waals surface area contributed by atoms with Gasteiger partial charge in [0.1, 0.15) is 11.8 Å². The molecule has 2 aromatic rings. The summed E-state index contributed by atoms with van der Waals surface area (Å²) in [5.41, 5.74) is 2.28. The number of ether oxygens (including phenoxy) is 1. The zero-order valence-electron chi connectivity index (χ0n) is 25.1. The third-order valence-corrected chi connectivity index (χ3v) is 8.60. The van der Waals surface area contributed by atoms with E-state index in [9.17, 15) is 9.59 Å². The van der Waals surface area contributed by atoms with Crippen LogP contribution in [0.4, 0.5) is 0 Å². The summed E-state index contributed by atoms with van der Waals surface area (Å²) in [6, 6.07) is 15.1. The van der Waals surface area contributed by atoms with E-state index in [2.05, 4.69) is 30.5 Å². The van der Waals surface area contributed by atoms with Gasteiger partial charge in [0.15, 0.2) is 0 Å². The molecule has 7 nitrogen and oxygen atoms in total. The van der Waals surface area contributed by atoms with E-state index in [0.29, 0.717) is 31.6 Å². The number of nitrogens with one attached hydrogen (secondary N) is 2. The summed E-state index contributed by atoms with van der Waals surface area (Å²) in [7, 11) is 1.10. The number of fused-ring (bicyclic) bond motifs is 1. The van der Waals surface area contributed by atoms with Crippen molar-refractivity contribution in [2.75, 3.05) is 7.11 Å². The molecular formula is C32H45BN2O5. The maximum Gasteiger partial charge on any atom is 0.481 e. The van der Waals surface area contributed by atoms with Crippen LogP contribution in [0.15, 0.2) is 48.5 Å². The Kier molecular flexibility index (Phi) is 9.31. The largest absolute Gasteiger partial charge is 0.496 e. The van der Waals surface area contributed by atoms with Crippen molar-refractivity contribution in [2.45, 2.75) is 96.8 Å². The van der Waals surface area contributed by atoms with Crippen LogP contribution in [0.3, 0.4) is 0 Å². The lowest BCUT2D eigenvalue weighted by Gasteiger charge is -2.32. The van der Waals surface area contributed by atoms with Crippen LogP contribution in [0.2, 0.25) is 0 Å². The molecule has 0 radical (unpaired) electrons. The number of amides is 2. The highest BCUT2D eigenvalue weighted by atomic mass is 16.7. The van der Waals surface area contributed by atoms with Crippen LogP contribution >= 0.6 is 0 Å². The Hall–Kier alpha value is -2.84. The van der Waals surface area contributed by atoms with E-state index >= 15 is 0 Å². The fourth-order valence-corrected chi connectivity index (χ4v) is 5.62. The number of hydrogen-bond donors (Lipinski definition) is 2. The first kappa shape index (κ1) is 30.1. The lowest BCUT2D eigenvalue weighted by molar-refractivity contribution is -0.131. The predicted molar refractivity (Wildman–Crippen MR) is 158 cm³/mol. The number of carbonyl (C=O) groups is 2. The van der Waals surface area contributed by atoms with Gasteiger partial charge < -0.3 is 24.7 Å². The summed E-state index contributed by atoms with van der Waals surface area (Å²) < 4.78 is 18.2. The maximum atomic E-state index is 13.9. The van der Waals surface area contributed by atoms with Gasteiger partial charge in [0, 0.05) is 12.3 Å². The number of hydrogen-bond acceptors (Lipinski definition) is 5. The van der Waals surface area contributed by atoms with Gasteiger partial charge >= 0.3 is 7.12 Å². The average molecular weight is 549 g/mol. The minimum absolute atomic E-state index is 0.0967. The van der Waals surface area contributed by atoms with E-state index < -0.39 is 24.4 Å². The van der Waals surface area contributed by atoms with Gasteiger partial charge in [-0.3, -0.25) is 9.59 Å². The lowest BCUT2D eigenvalue weighted by atomic mass is 9.73. The molecule has 8 heteroatoms. The van der Waals surface area contributed by atoms with E-state index in [-0.39, 0.29) is 23.7 Å². The Labute approximate surface area is 239 Å². The molecule has 0 bridgehead atoms. The van der Waals surface area contributed by atoms with Gasteiger partial charge in [-0.05, 0) is 82.1 Å². The van der Waals surface area contributed by atoms with Gasteiger partial charge in [-0.15, -0.1) is 0 Å². The highest BCUT2D eigenvalue weighted by Gasteiger charge is 2.54. The van der Waals surface area contributed by atoms with Crippen LogP contribution in [-0.2, 0) is 38.2 Å². The van der Waals surface area contributed by atoms with Crippen LogP contribution in [-0.4, -0.2) is 49.2 Å². The molecule has 216 valence electrons. The van der Waals surface area contributed by atoms with Crippen LogP contribution in [0.5, 0.6) is 5.75 Å². The SMILES string of the molecule is COc1cccc2c1CCC(C(=O)N[C@@H](Cc1ccccc1)C(=O)N[C@@H](CC(C)C)B1OC(C)(C)C(C)(C)O1)C2. The third kappa shape index (κ3) is 6.89. The van der Waals surface area contributed by atoms with E-state index in [4.69, 9.17) is 14.0 Å². The summed E-state index contributed by atoms with van der Waals surface area (Å²) in [5.74, 6) is 0.302. The van der Waals surface area contributed by atoms with Gasteiger partial charge in [0.2, 0.25) is 11.8 Å². The van der Waals surface area contributed by atoms with Gasteiger partial charge in [-0.2, -0.15) is 0 Å². The topological polar surface area (TPSA) is 85.9 Å². The highest BCUT2D eigenvalue weighted by molar-refractivity contribution is 6.48. The number of benzene rings is 2. The minimum atomic E-state index is -0.723. The Morgan fingerprint density at radius 2 is 1.68 bits per heavy atom.